The molecular formula is C24H23N3O3S. The third-order valence-electron chi connectivity index (χ3n) is 6.17. The molecule has 1 saturated carbocycles. The van der Waals surface area contributed by atoms with Crippen molar-refractivity contribution in [2.75, 3.05) is 0 Å². The van der Waals surface area contributed by atoms with Gasteiger partial charge in [0.2, 0.25) is 0 Å². The summed E-state index contributed by atoms with van der Waals surface area (Å²) in [7, 11) is 0. The molecule has 1 aliphatic heterocycles. The largest absolute Gasteiger partial charge is 0.478 e. The molecule has 0 unspecified atom stereocenters. The Morgan fingerprint density at radius 2 is 1.97 bits per heavy atom. The second kappa shape index (κ2) is 8.15. The molecule has 2 aromatic heterocycles. The third-order valence-corrected chi connectivity index (χ3v) is 6.49. The van der Waals surface area contributed by atoms with Crippen LogP contribution in [-0.4, -0.2) is 32.1 Å². The Kier molecular flexibility index (Phi) is 5.19. The van der Waals surface area contributed by atoms with Crippen molar-refractivity contribution in [1.29, 1.82) is 0 Å². The molecule has 1 aromatic carbocycles. The van der Waals surface area contributed by atoms with Gasteiger partial charge in [-0.25, -0.2) is 4.79 Å². The molecule has 0 spiro atoms. The minimum atomic E-state index is -0.957. The molecule has 2 N–H and O–H groups in total. The molecule has 158 valence electrons. The Morgan fingerprint density at radius 3 is 2.71 bits per heavy atom. The highest BCUT2D eigenvalue weighted by atomic mass is 32.1. The fourth-order valence-corrected chi connectivity index (χ4v) is 5.11. The molecule has 5 rings (SSSR count). The van der Waals surface area contributed by atoms with Crippen molar-refractivity contribution in [3.8, 4) is 11.3 Å². The van der Waals surface area contributed by atoms with Gasteiger partial charge in [0.1, 0.15) is 17.6 Å². The Labute approximate surface area is 185 Å². The highest BCUT2D eigenvalue weighted by Gasteiger charge is 2.45. The van der Waals surface area contributed by atoms with E-state index in [9.17, 15) is 9.90 Å². The first kappa shape index (κ1) is 19.8. The van der Waals surface area contributed by atoms with Gasteiger partial charge in [-0.15, -0.1) is 0 Å². The van der Waals surface area contributed by atoms with Crippen LogP contribution in [0, 0.1) is 0 Å². The molecule has 1 saturated heterocycles. The third kappa shape index (κ3) is 3.70. The average Bonchev–Trinajstić information content (AvgIpc) is 3.54. The van der Waals surface area contributed by atoms with Gasteiger partial charge in [0.25, 0.3) is 0 Å². The predicted octanol–water partition coefficient (Wildman–Crippen LogP) is 4.95. The standard InChI is InChI=1S/C24H23N3O3S/c28-23(29)16-7-5-6-15(14-16)19-11-12-20(30-19)22-21(18-10-3-4-13-25-18)26-24(31)27(22)17-8-1-2-9-17/h3-7,10-14,17,21-22H,1-2,8-9H2,(H,26,31)(H,28,29)/t21-,22-/m1/s1. The molecule has 1 aliphatic carbocycles. The van der Waals surface area contributed by atoms with Gasteiger partial charge in [0.15, 0.2) is 5.11 Å². The first-order chi connectivity index (χ1) is 15.1. The van der Waals surface area contributed by atoms with E-state index in [-0.39, 0.29) is 17.6 Å². The van der Waals surface area contributed by atoms with Crippen LogP contribution in [0.15, 0.2) is 65.2 Å². The summed E-state index contributed by atoms with van der Waals surface area (Å²) in [5.41, 5.74) is 1.89. The highest BCUT2D eigenvalue weighted by molar-refractivity contribution is 7.80. The first-order valence-electron chi connectivity index (χ1n) is 10.5. The number of nitrogens with zero attached hydrogens (tertiary/aromatic N) is 2. The number of hydrogen-bond acceptors (Lipinski definition) is 4. The zero-order chi connectivity index (χ0) is 21.4. The van der Waals surface area contributed by atoms with Crippen LogP contribution in [0.5, 0.6) is 0 Å². The maximum absolute atomic E-state index is 11.4. The van der Waals surface area contributed by atoms with Crippen LogP contribution in [-0.2, 0) is 0 Å². The van der Waals surface area contributed by atoms with Gasteiger partial charge in [-0.2, -0.15) is 0 Å². The number of nitrogens with one attached hydrogen (secondary N) is 1. The van der Waals surface area contributed by atoms with Crippen molar-refractivity contribution < 1.29 is 14.3 Å². The molecule has 2 atom stereocenters. The van der Waals surface area contributed by atoms with Gasteiger partial charge < -0.3 is 19.7 Å². The van der Waals surface area contributed by atoms with Crippen LogP contribution in [0.1, 0.15) is 59.6 Å². The summed E-state index contributed by atoms with van der Waals surface area (Å²) >= 11 is 5.76. The summed E-state index contributed by atoms with van der Waals surface area (Å²) in [4.78, 5) is 18.2. The monoisotopic (exact) mass is 433 g/mol. The number of rotatable bonds is 5. The van der Waals surface area contributed by atoms with E-state index < -0.39 is 5.97 Å². The Balaban J connectivity index is 1.54. The normalized spacial score (nSPS) is 21.4. The fraction of sp³-hybridized carbons (Fsp3) is 0.292. The van der Waals surface area contributed by atoms with Crippen LogP contribution < -0.4 is 5.32 Å². The lowest BCUT2D eigenvalue weighted by Crippen LogP contribution is -2.37. The van der Waals surface area contributed by atoms with Crippen molar-refractivity contribution in [3.05, 3.63) is 77.8 Å². The van der Waals surface area contributed by atoms with E-state index in [4.69, 9.17) is 16.6 Å². The summed E-state index contributed by atoms with van der Waals surface area (Å²) in [6.07, 6.45) is 6.43. The number of aromatic nitrogens is 1. The van der Waals surface area contributed by atoms with Crippen molar-refractivity contribution in [2.24, 2.45) is 0 Å². The van der Waals surface area contributed by atoms with Crippen LogP contribution >= 0.6 is 12.2 Å². The zero-order valence-corrected chi connectivity index (χ0v) is 17.7. The zero-order valence-electron chi connectivity index (χ0n) is 16.9. The SMILES string of the molecule is O=C(O)c1cccc(-c2ccc([C@@H]3[C@@H](c4ccccn4)NC(=S)N3C3CCCC3)o2)c1. The molecule has 0 radical (unpaired) electrons. The van der Waals surface area contributed by atoms with E-state index in [1.165, 1.54) is 12.8 Å². The van der Waals surface area contributed by atoms with E-state index in [0.717, 1.165) is 35.0 Å². The maximum atomic E-state index is 11.4. The molecule has 7 heteroatoms. The Hall–Kier alpha value is -3.19. The lowest BCUT2D eigenvalue weighted by Gasteiger charge is -2.31. The Morgan fingerprint density at radius 1 is 1.13 bits per heavy atom. The smallest absolute Gasteiger partial charge is 0.335 e. The Bertz CT molecular complexity index is 1110. The van der Waals surface area contributed by atoms with E-state index in [0.29, 0.717) is 11.8 Å². The number of carboxylic acids is 1. The number of aromatic carboxylic acids is 1. The van der Waals surface area contributed by atoms with Gasteiger partial charge in [0, 0.05) is 17.8 Å². The van der Waals surface area contributed by atoms with Crippen LogP contribution in [0.2, 0.25) is 0 Å². The molecule has 3 aromatic rings. The van der Waals surface area contributed by atoms with Crippen molar-refractivity contribution >= 4 is 23.3 Å². The van der Waals surface area contributed by atoms with Crippen molar-refractivity contribution in [1.82, 2.24) is 15.2 Å². The lowest BCUT2D eigenvalue weighted by molar-refractivity contribution is 0.0697. The minimum absolute atomic E-state index is 0.109. The predicted molar refractivity (Wildman–Crippen MR) is 121 cm³/mol. The number of thiocarbonyl (C=S) groups is 1. The summed E-state index contributed by atoms with van der Waals surface area (Å²) in [6, 6.07) is 16.7. The molecule has 2 aliphatic rings. The van der Waals surface area contributed by atoms with Gasteiger partial charge in [0.05, 0.1) is 17.3 Å². The molecule has 0 bridgehead atoms. The molecule has 0 amide bonds. The molecule has 3 heterocycles. The fourth-order valence-electron chi connectivity index (χ4n) is 4.72. The van der Waals surface area contributed by atoms with Gasteiger partial charge in [-0.05, 0) is 61.5 Å². The summed E-state index contributed by atoms with van der Waals surface area (Å²) in [6.45, 7) is 0. The van der Waals surface area contributed by atoms with Gasteiger partial charge in [-0.1, -0.05) is 31.0 Å². The van der Waals surface area contributed by atoms with Crippen molar-refractivity contribution in [3.63, 3.8) is 0 Å². The summed E-state index contributed by atoms with van der Waals surface area (Å²) in [5, 5.41) is 13.5. The number of pyridine rings is 1. The van der Waals surface area contributed by atoms with E-state index in [1.54, 1.807) is 24.4 Å². The maximum Gasteiger partial charge on any atom is 0.335 e. The molecule has 6 nitrogen and oxygen atoms in total. The second-order valence-electron chi connectivity index (χ2n) is 8.06. The molecule has 2 fully saturated rings. The number of furan rings is 1. The highest BCUT2D eigenvalue weighted by Crippen LogP contribution is 2.44. The molecule has 31 heavy (non-hydrogen) atoms. The van der Waals surface area contributed by atoms with Crippen LogP contribution in [0.25, 0.3) is 11.3 Å². The summed E-state index contributed by atoms with van der Waals surface area (Å²) < 4.78 is 6.32. The van der Waals surface area contributed by atoms with Crippen molar-refractivity contribution in [2.45, 2.75) is 43.8 Å². The van der Waals surface area contributed by atoms with Crippen LogP contribution in [0.4, 0.5) is 0 Å². The first-order valence-corrected chi connectivity index (χ1v) is 11.0. The summed E-state index contributed by atoms with van der Waals surface area (Å²) in [5.74, 6) is 0.481. The van der Waals surface area contributed by atoms with Gasteiger partial charge >= 0.3 is 5.97 Å². The quantitative estimate of drug-likeness (QED) is 0.551. The molecular weight excluding hydrogens is 410 g/mol. The minimum Gasteiger partial charge on any atom is -0.478 e. The number of hydrogen-bond donors (Lipinski definition) is 2. The second-order valence-corrected chi connectivity index (χ2v) is 8.45. The van der Waals surface area contributed by atoms with E-state index >= 15 is 0 Å². The number of carboxylic acid groups (broad SMARTS) is 1. The average molecular weight is 434 g/mol. The van der Waals surface area contributed by atoms with Gasteiger partial charge in [-0.3, -0.25) is 4.98 Å². The lowest BCUT2D eigenvalue weighted by atomic mass is 10.0. The van der Waals surface area contributed by atoms with Crippen LogP contribution in [0.3, 0.4) is 0 Å². The number of carbonyl (C=O) groups is 1. The van der Waals surface area contributed by atoms with E-state index in [1.807, 2.05) is 36.4 Å². The van der Waals surface area contributed by atoms with E-state index in [2.05, 4.69) is 15.2 Å². The number of benzene rings is 1. The topological polar surface area (TPSA) is 78.6 Å².